The van der Waals surface area contributed by atoms with Crippen molar-refractivity contribution in [3.05, 3.63) is 10.1 Å². The fourth-order valence-corrected chi connectivity index (χ4v) is 2.73. The number of nitro groups is 1. The molecule has 0 rings (SSSR count). The Morgan fingerprint density at radius 3 is 1.91 bits per heavy atom. The monoisotopic (exact) mass is 313 g/mol. The molecular formula is C18H35NO3. The van der Waals surface area contributed by atoms with E-state index >= 15 is 0 Å². The normalized spacial score (nSPS) is 12.3. The number of carbonyl (C=O) groups is 1. The predicted molar refractivity (Wildman–Crippen MR) is 91.8 cm³/mol. The average Bonchev–Trinajstić information content (AvgIpc) is 2.49. The number of Topliss-reactive ketones (excluding diaryl/α,β-unsaturated/α-hetero) is 1. The van der Waals surface area contributed by atoms with Crippen molar-refractivity contribution in [2.45, 2.75) is 110 Å². The minimum atomic E-state index is -0.658. The van der Waals surface area contributed by atoms with Gasteiger partial charge < -0.3 is 0 Å². The second-order valence-electron chi connectivity index (χ2n) is 6.40. The van der Waals surface area contributed by atoms with E-state index in [1.807, 2.05) is 0 Å². The molecule has 0 aliphatic carbocycles. The standard InChI is InChI=1S/C18H35NO3/c1-3-5-7-9-11-12-14-17(19(21)22)16-18(20)15-13-10-8-6-4-2/h17H,3-16H2,1-2H3. The number of carbonyl (C=O) groups excluding carboxylic acids is 1. The van der Waals surface area contributed by atoms with E-state index in [2.05, 4.69) is 13.8 Å². The number of ketones is 1. The molecule has 0 aromatic carbocycles. The fourth-order valence-electron chi connectivity index (χ4n) is 2.73. The molecule has 22 heavy (non-hydrogen) atoms. The van der Waals surface area contributed by atoms with Crippen LogP contribution >= 0.6 is 0 Å². The van der Waals surface area contributed by atoms with E-state index in [1.165, 1.54) is 38.5 Å². The van der Waals surface area contributed by atoms with Gasteiger partial charge in [-0.2, -0.15) is 0 Å². The fraction of sp³-hybridized carbons (Fsp3) is 0.944. The Balaban J connectivity index is 3.78. The SMILES string of the molecule is CCCCCCCCC(CC(=O)CCCCCCC)[N+](=O)[O-]. The predicted octanol–water partition coefficient (Wildman–Crippen LogP) is 5.70. The molecule has 0 aromatic rings. The maximum Gasteiger partial charge on any atom is 0.220 e. The summed E-state index contributed by atoms with van der Waals surface area (Å²) in [5.41, 5.74) is 0. The van der Waals surface area contributed by atoms with Gasteiger partial charge in [-0.15, -0.1) is 0 Å². The highest BCUT2D eigenvalue weighted by Gasteiger charge is 2.22. The molecule has 0 radical (unpaired) electrons. The Morgan fingerprint density at radius 1 is 0.864 bits per heavy atom. The lowest BCUT2D eigenvalue weighted by atomic mass is 9.99. The summed E-state index contributed by atoms with van der Waals surface area (Å²) in [6.45, 7) is 4.34. The van der Waals surface area contributed by atoms with Crippen LogP contribution in [0.2, 0.25) is 0 Å². The summed E-state index contributed by atoms with van der Waals surface area (Å²) in [5.74, 6) is 0.0733. The number of unbranched alkanes of at least 4 members (excludes halogenated alkanes) is 9. The summed E-state index contributed by atoms with van der Waals surface area (Å²) in [7, 11) is 0. The highest BCUT2D eigenvalue weighted by molar-refractivity contribution is 5.78. The van der Waals surface area contributed by atoms with Gasteiger partial charge in [0.2, 0.25) is 6.04 Å². The van der Waals surface area contributed by atoms with Crippen LogP contribution in [0, 0.1) is 10.1 Å². The average molecular weight is 313 g/mol. The van der Waals surface area contributed by atoms with Crippen LogP contribution in [0.15, 0.2) is 0 Å². The Labute approximate surface area is 136 Å². The highest BCUT2D eigenvalue weighted by atomic mass is 16.6. The van der Waals surface area contributed by atoms with Crippen molar-refractivity contribution in [3.8, 4) is 0 Å². The van der Waals surface area contributed by atoms with Crippen molar-refractivity contribution < 1.29 is 9.72 Å². The van der Waals surface area contributed by atoms with Crippen LogP contribution in [-0.4, -0.2) is 16.7 Å². The van der Waals surface area contributed by atoms with E-state index in [0.717, 1.165) is 32.1 Å². The van der Waals surface area contributed by atoms with Crippen LogP contribution in [0.3, 0.4) is 0 Å². The van der Waals surface area contributed by atoms with E-state index in [4.69, 9.17) is 0 Å². The Kier molecular flexibility index (Phi) is 14.4. The first kappa shape index (κ1) is 21.1. The lowest BCUT2D eigenvalue weighted by molar-refractivity contribution is -0.522. The summed E-state index contributed by atoms with van der Waals surface area (Å²) in [6, 6.07) is -0.658. The van der Waals surface area contributed by atoms with E-state index in [9.17, 15) is 14.9 Å². The third-order valence-corrected chi connectivity index (χ3v) is 4.21. The second-order valence-corrected chi connectivity index (χ2v) is 6.40. The van der Waals surface area contributed by atoms with Gasteiger partial charge in [0.1, 0.15) is 5.78 Å². The Bertz CT molecular complexity index is 292. The summed E-state index contributed by atoms with van der Waals surface area (Å²) in [4.78, 5) is 22.7. The maximum absolute atomic E-state index is 11.9. The Morgan fingerprint density at radius 2 is 1.36 bits per heavy atom. The topological polar surface area (TPSA) is 60.2 Å². The molecule has 0 N–H and O–H groups in total. The van der Waals surface area contributed by atoms with Gasteiger partial charge >= 0.3 is 0 Å². The molecular weight excluding hydrogens is 278 g/mol. The molecule has 130 valence electrons. The second kappa shape index (κ2) is 15.0. The third-order valence-electron chi connectivity index (χ3n) is 4.21. The van der Waals surface area contributed by atoms with Crippen molar-refractivity contribution in [3.63, 3.8) is 0 Å². The van der Waals surface area contributed by atoms with Crippen molar-refractivity contribution in [1.29, 1.82) is 0 Å². The van der Waals surface area contributed by atoms with Crippen LogP contribution in [0.4, 0.5) is 0 Å². The first-order chi connectivity index (χ1) is 10.6. The molecule has 0 bridgehead atoms. The molecule has 0 saturated carbocycles. The van der Waals surface area contributed by atoms with Crippen LogP contribution in [0.25, 0.3) is 0 Å². The van der Waals surface area contributed by atoms with Gasteiger partial charge in [0.15, 0.2) is 0 Å². The third kappa shape index (κ3) is 12.8. The molecule has 0 fully saturated rings. The van der Waals surface area contributed by atoms with Crippen molar-refractivity contribution in [2.24, 2.45) is 0 Å². The van der Waals surface area contributed by atoms with Crippen molar-refractivity contribution >= 4 is 5.78 Å². The zero-order chi connectivity index (χ0) is 16.6. The molecule has 0 aliphatic heterocycles. The first-order valence-corrected chi connectivity index (χ1v) is 9.27. The summed E-state index contributed by atoms with van der Waals surface area (Å²) >= 11 is 0. The van der Waals surface area contributed by atoms with Gasteiger partial charge in [-0.3, -0.25) is 14.9 Å². The molecule has 1 atom stereocenters. The summed E-state index contributed by atoms with van der Waals surface area (Å²) < 4.78 is 0. The summed E-state index contributed by atoms with van der Waals surface area (Å²) in [6.07, 6.45) is 13.5. The molecule has 4 nitrogen and oxygen atoms in total. The van der Waals surface area contributed by atoms with Gasteiger partial charge in [0.05, 0.1) is 6.42 Å². The smallest absolute Gasteiger partial charge is 0.220 e. The largest absolute Gasteiger partial charge is 0.299 e. The minimum absolute atomic E-state index is 0.0733. The highest BCUT2D eigenvalue weighted by Crippen LogP contribution is 2.14. The van der Waals surface area contributed by atoms with Crippen molar-refractivity contribution in [2.75, 3.05) is 0 Å². The number of hydrogen-bond acceptors (Lipinski definition) is 3. The van der Waals surface area contributed by atoms with Gasteiger partial charge in [-0.1, -0.05) is 71.6 Å². The molecule has 0 aromatic heterocycles. The summed E-state index contributed by atoms with van der Waals surface area (Å²) in [5, 5.41) is 11.1. The lowest BCUT2D eigenvalue weighted by Crippen LogP contribution is -2.23. The zero-order valence-electron chi connectivity index (χ0n) is 14.6. The minimum Gasteiger partial charge on any atom is -0.299 e. The van der Waals surface area contributed by atoms with E-state index in [1.54, 1.807) is 0 Å². The number of rotatable bonds is 16. The molecule has 0 spiro atoms. The molecule has 1 unspecified atom stereocenters. The van der Waals surface area contributed by atoms with Crippen LogP contribution < -0.4 is 0 Å². The van der Waals surface area contributed by atoms with E-state index in [0.29, 0.717) is 12.8 Å². The molecule has 4 heteroatoms. The maximum atomic E-state index is 11.9. The Hall–Kier alpha value is -0.930. The lowest BCUT2D eigenvalue weighted by Gasteiger charge is -2.09. The van der Waals surface area contributed by atoms with Crippen LogP contribution in [0.1, 0.15) is 104 Å². The van der Waals surface area contributed by atoms with Crippen molar-refractivity contribution in [1.82, 2.24) is 0 Å². The van der Waals surface area contributed by atoms with E-state index < -0.39 is 6.04 Å². The zero-order valence-corrected chi connectivity index (χ0v) is 14.6. The van der Waals surface area contributed by atoms with Gasteiger partial charge in [-0.05, 0) is 12.8 Å². The van der Waals surface area contributed by atoms with Crippen LogP contribution in [-0.2, 0) is 4.79 Å². The quantitative estimate of drug-likeness (QED) is 0.208. The van der Waals surface area contributed by atoms with Gasteiger partial charge in [0, 0.05) is 17.8 Å². The van der Waals surface area contributed by atoms with Crippen LogP contribution in [0.5, 0.6) is 0 Å². The van der Waals surface area contributed by atoms with Gasteiger partial charge in [0.25, 0.3) is 0 Å². The molecule has 0 heterocycles. The van der Waals surface area contributed by atoms with E-state index in [-0.39, 0.29) is 17.1 Å². The molecule has 0 amide bonds. The number of nitrogens with zero attached hydrogens (tertiary/aromatic N) is 1. The molecule has 0 aliphatic rings. The first-order valence-electron chi connectivity index (χ1n) is 9.27. The molecule has 0 saturated heterocycles. The van der Waals surface area contributed by atoms with Gasteiger partial charge in [-0.25, -0.2) is 0 Å². The number of hydrogen-bond donors (Lipinski definition) is 0.